The predicted molar refractivity (Wildman–Crippen MR) is 74.6 cm³/mol. The fraction of sp³-hybridized carbons (Fsp3) is 0.538. The molecule has 0 aliphatic carbocycles. The Kier molecular flexibility index (Phi) is 3.52. The molecule has 1 aliphatic rings. The van der Waals surface area contributed by atoms with E-state index in [1.165, 1.54) is 25.5 Å². The lowest BCUT2D eigenvalue weighted by Crippen LogP contribution is -2.37. The van der Waals surface area contributed by atoms with Gasteiger partial charge in [-0.1, -0.05) is 0 Å². The van der Waals surface area contributed by atoms with Crippen molar-refractivity contribution < 1.29 is 8.42 Å². The second-order valence-corrected chi connectivity index (χ2v) is 7.02. The van der Waals surface area contributed by atoms with Gasteiger partial charge in [0, 0.05) is 24.5 Å². The van der Waals surface area contributed by atoms with Crippen molar-refractivity contribution in [2.24, 2.45) is 0 Å². The summed E-state index contributed by atoms with van der Waals surface area (Å²) in [6.45, 7) is 3.21. The molecule has 0 aromatic heterocycles. The number of nitrogens with two attached hydrogens (primary N) is 1. The molecule has 0 spiro atoms. The average Bonchev–Trinajstić information content (AvgIpc) is 2.27. The van der Waals surface area contributed by atoms with Gasteiger partial charge >= 0.3 is 0 Å². The lowest BCUT2D eigenvalue weighted by Gasteiger charge is -2.35. The number of piperidine rings is 1. The van der Waals surface area contributed by atoms with Gasteiger partial charge in [0.1, 0.15) is 0 Å². The van der Waals surface area contributed by atoms with Crippen molar-refractivity contribution in [3.8, 4) is 0 Å². The van der Waals surface area contributed by atoms with Crippen LogP contribution < -0.4 is 10.6 Å². The number of hydrogen-bond donors (Lipinski definition) is 1. The van der Waals surface area contributed by atoms with E-state index in [9.17, 15) is 8.42 Å². The lowest BCUT2D eigenvalue weighted by molar-refractivity contribution is 0.485. The van der Waals surface area contributed by atoms with Crippen LogP contribution in [0.3, 0.4) is 0 Å². The Morgan fingerprint density at radius 1 is 1.33 bits per heavy atom. The first-order valence-corrected chi connectivity index (χ1v) is 8.15. The van der Waals surface area contributed by atoms with Crippen molar-refractivity contribution in [2.75, 3.05) is 23.4 Å². The Balaban J connectivity index is 2.34. The van der Waals surface area contributed by atoms with Crippen LogP contribution in [-0.2, 0) is 9.84 Å². The van der Waals surface area contributed by atoms with Gasteiger partial charge in [0.05, 0.1) is 10.6 Å². The van der Waals surface area contributed by atoms with Crippen LogP contribution in [0.5, 0.6) is 0 Å². The maximum Gasteiger partial charge on any atom is 0.177 e. The molecule has 2 N–H and O–H groups in total. The van der Waals surface area contributed by atoms with E-state index in [1.54, 1.807) is 12.1 Å². The molecule has 18 heavy (non-hydrogen) atoms. The first-order valence-electron chi connectivity index (χ1n) is 6.26. The van der Waals surface area contributed by atoms with E-state index in [1.807, 2.05) is 6.07 Å². The lowest BCUT2D eigenvalue weighted by atomic mass is 10.0. The maximum absolute atomic E-state index is 11.5. The van der Waals surface area contributed by atoms with Crippen LogP contribution in [0, 0.1) is 0 Å². The minimum absolute atomic E-state index is 0.218. The molecule has 0 radical (unpaired) electrons. The third-order valence-corrected chi connectivity index (χ3v) is 4.70. The summed E-state index contributed by atoms with van der Waals surface area (Å²) in [5, 5.41) is 0. The highest BCUT2D eigenvalue weighted by atomic mass is 32.2. The molecule has 1 fully saturated rings. The molecule has 4 nitrogen and oxygen atoms in total. The molecule has 2 rings (SSSR count). The van der Waals surface area contributed by atoms with Crippen LogP contribution >= 0.6 is 0 Å². The molecule has 0 amide bonds. The molecule has 0 unspecified atom stereocenters. The maximum atomic E-state index is 11.5. The number of benzene rings is 1. The number of sulfone groups is 1. The molecule has 1 atom stereocenters. The van der Waals surface area contributed by atoms with Gasteiger partial charge < -0.3 is 10.6 Å². The second kappa shape index (κ2) is 4.80. The van der Waals surface area contributed by atoms with E-state index in [0.29, 0.717) is 11.7 Å². The van der Waals surface area contributed by atoms with Crippen molar-refractivity contribution in [2.45, 2.75) is 37.1 Å². The Morgan fingerprint density at radius 2 is 2.06 bits per heavy atom. The summed E-state index contributed by atoms with van der Waals surface area (Å²) in [4.78, 5) is 2.52. The van der Waals surface area contributed by atoms with Crippen LogP contribution in [0.25, 0.3) is 0 Å². The largest absolute Gasteiger partial charge is 0.398 e. The summed E-state index contributed by atoms with van der Waals surface area (Å²) in [7, 11) is -3.24. The Hall–Kier alpha value is -1.23. The van der Waals surface area contributed by atoms with Crippen LogP contribution in [0.15, 0.2) is 23.1 Å². The van der Waals surface area contributed by atoms with Gasteiger partial charge in [-0.25, -0.2) is 8.42 Å². The van der Waals surface area contributed by atoms with Crippen LogP contribution in [0.4, 0.5) is 11.4 Å². The van der Waals surface area contributed by atoms with Crippen LogP contribution in [-0.4, -0.2) is 27.3 Å². The summed E-state index contributed by atoms with van der Waals surface area (Å²) in [6.07, 6.45) is 4.79. The monoisotopic (exact) mass is 268 g/mol. The third kappa shape index (κ3) is 2.61. The second-order valence-electron chi connectivity index (χ2n) is 5.03. The molecule has 100 valence electrons. The topological polar surface area (TPSA) is 63.4 Å². The third-order valence-electron chi connectivity index (χ3n) is 3.53. The minimum atomic E-state index is -3.24. The SMILES string of the molecule is C[C@H]1CCCCN1c1ccc(S(C)(=O)=O)c(N)c1. The summed E-state index contributed by atoms with van der Waals surface area (Å²) >= 11 is 0. The molecule has 0 bridgehead atoms. The van der Waals surface area contributed by atoms with Gasteiger partial charge in [-0.2, -0.15) is 0 Å². The fourth-order valence-electron chi connectivity index (χ4n) is 2.53. The number of anilines is 2. The quantitative estimate of drug-likeness (QED) is 0.834. The van der Waals surface area contributed by atoms with Crippen molar-refractivity contribution in [3.63, 3.8) is 0 Å². The smallest absolute Gasteiger partial charge is 0.177 e. The van der Waals surface area contributed by atoms with Gasteiger partial charge in [0.25, 0.3) is 0 Å². The number of rotatable bonds is 2. The molecular weight excluding hydrogens is 248 g/mol. The molecular formula is C13H20N2O2S. The van der Waals surface area contributed by atoms with Gasteiger partial charge in [-0.15, -0.1) is 0 Å². The average molecular weight is 268 g/mol. The molecule has 1 aromatic carbocycles. The first-order chi connectivity index (χ1) is 8.39. The number of nitrogen functional groups attached to an aromatic ring is 1. The van der Waals surface area contributed by atoms with E-state index in [2.05, 4.69) is 11.8 Å². The highest BCUT2D eigenvalue weighted by Gasteiger charge is 2.20. The standard InChI is InChI=1S/C13H20N2O2S/c1-10-5-3-4-8-15(10)11-6-7-13(12(14)9-11)18(2,16)17/h6-7,9-10H,3-5,8,14H2,1-2H3/t10-/m0/s1. The summed E-state index contributed by atoms with van der Waals surface area (Å²) in [5.74, 6) is 0. The molecule has 1 heterocycles. The fourth-order valence-corrected chi connectivity index (χ4v) is 3.34. The Labute approximate surface area is 109 Å². The van der Waals surface area contributed by atoms with Crippen molar-refractivity contribution in [3.05, 3.63) is 18.2 Å². The highest BCUT2D eigenvalue weighted by Crippen LogP contribution is 2.29. The van der Waals surface area contributed by atoms with Crippen molar-refractivity contribution in [1.82, 2.24) is 0 Å². The van der Waals surface area contributed by atoms with Gasteiger partial charge in [0.15, 0.2) is 9.84 Å². The van der Waals surface area contributed by atoms with E-state index < -0.39 is 9.84 Å². The van der Waals surface area contributed by atoms with E-state index in [-0.39, 0.29) is 4.90 Å². The van der Waals surface area contributed by atoms with E-state index >= 15 is 0 Å². The van der Waals surface area contributed by atoms with Gasteiger partial charge in [-0.3, -0.25) is 0 Å². The summed E-state index contributed by atoms with van der Waals surface area (Å²) < 4.78 is 23.0. The van der Waals surface area contributed by atoms with Crippen LogP contribution in [0.2, 0.25) is 0 Å². The zero-order chi connectivity index (χ0) is 13.3. The van der Waals surface area contributed by atoms with E-state index in [0.717, 1.165) is 12.2 Å². The molecule has 1 aromatic rings. The molecule has 1 saturated heterocycles. The Morgan fingerprint density at radius 3 is 2.61 bits per heavy atom. The predicted octanol–water partition coefficient (Wildman–Crippen LogP) is 2.05. The number of nitrogens with zero attached hydrogens (tertiary/aromatic N) is 1. The normalized spacial score (nSPS) is 21.0. The van der Waals surface area contributed by atoms with E-state index in [4.69, 9.17) is 5.73 Å². The molecule has 5 heteroatoms. The summed E-state index contributed by atoms with van der Waals surface area (Å²) in [6, 6.07) is 5.73. The first kappa shape index (κ1) is 13.2. The minimum Gasteiger partial charge on any atom is -0.398 e. The molecule has 1 aliphatic heterocycles. The summed E-state index contributed by atoms with van der Waals surface area (Å²) in [5.41, 5.74) is 7.21. The van der Waals surface area contributed by atoms with Crippen LogP contribution in [0.1, 0.15) is 26.2 Å². The molecule has 0 saturated carbocycles. The van der Waals surface area contributed by atoms with Gasteiger partial charge in [-0.05, 0) is 44.4 Å². The highest BCUT2D eigenvalue weighted by molar-refractivity contribution is 7.90. The van der Waals surface area contributed by atoms with Gasteiger partial charge in [0.2, 0.25) is 0 Å². The zero-order valence-electron chi connectivity index (χ0n) is 10.9. The zero-order valence-corrected chi connectivity index (χ0v) is 11.7. The van der Waals surface area contributed by atoms with Crippen molar-refractivity contribution >= 4 is 21.2 Å². The Bertz CT molecular complexity index is 540. The number of hydrogen-bond acceptors (Lipinski definition) is 4. The van der Waals surface area contributed by atoms with Crippen molar-refractivity contribution in [1.29, 1.82) is 0 Å².